The number of hydrogen-bond donors (Lipinski definition) is 5. The van der Waals surface area contributed by atoms with Crippen LogP contribution in [0.4, 0.5) is 0 Å². The molecule has 9 nitrogen and oxygen atoms in total. The molecule has 3 aliphatic rings. The second-order valence-corrected chi connectivity index (χ2v) is 11.6. The lowest BCUT2D eigenvalue weighted by molar-refractivity contribution is 0.290. The van der Waals surface area contributed by atoms with Gasteiger partial charge in [-0.25, -0.2) is 18.1 Å². The van der Waals surface area contributed by atoms with Gasteiger partial charge in [-0.1, -0.05) is 6.07 Å². The quantitative estimate of drug-likeness (QED) is 0.362. The van der Waals surface area contributed by atoms with E-state index in [2.05, 4.69) is 27.6 Å². The summed E-state index contributed by atoms with van der Waals surface area (Å²) in [5.41, 5.74) is 3.69. The number of aromatic nitrogens is 1. The first kappa shape index (κ1) is 23.6. The summed E-state index contributed by atoms with van der Waals surface area (Å²) in [5.74, 6) is 0. The highest BCUT2D eigenvalue weighted by atomic mass is 32.2. The molecule has 182 valence electrons. The molecule has 2 aliphatic heterocycles. The van der Waals surface area contributed by atoms with Crippen molar-refractivity contribution in [2.24, 2.45) is 0 Å². The zero-order valence-corrected chi connectivity index (χ0v) is 20.7. The van der Waals surface area contributed by atoms with Gasteiger partial charge in [0.2, 0.25) is 10.0 Å². The zero-order valence-electron chi connectivity index (χ0n) is 19.1. The molecule has 1 aromatic carbocycles. The van der Waals surface area contributed by atoms with Crippen LogP contribution >= 0.6 is 11.3 Å². The topological polar surface area (TPSA) is 139 Å². The molecule has 0 radical (unpaired) electrons. The molecular formula is C24H26N6O3S2. The van der Waals surface area contributed by atoms with Crippen molar-refractivity contribution in [2.45, 2.75) is 48.8 Å². The van der Waals surface area contributed by atoms with Gasteiger partial charge in [0.25, 0.3) is 0 Å². The first-order valence-electron chi connectivity index (χ1n) is 11.3. The van der Waals surface area contributed by atoms with E-state index in [1.165, 1.54) is 23.5 Å². The van der Waals surface area contributed by atoms with Crippen molar-refractivity contribution in [2.75, 3.05) is 6.61 Å². The van der Waals surface area contributed by atoms with E-state index in [9.17, 15) is 13.5 Å². The Morgan fingerprint density at radius 2 is 2.14 bits per heavy atom. The maximum atomic E-state index is 12.8. The molecule has 0 spiro atoms. The normalized spacial score (nSPS) is 25.1. The van der Waals surface area contributed by atoms with E-state index >= 15 is 0 Å². The van der Waals surface area contributed by atoms with Crippen LogP contribution in [0.2, 0.25) is 0 Å². The summed E-state index contributed by atoms with van der Waals surface area (Å²) >= 11 is 1.53. The third-order valence-corrected chi connectivity index (χ3v) is 8.88. The maximum Gasteiger partial charge on any atom is 0.240 e. The van der Waals surface area contributed by atoms with E-state index < -0.39 is 15.7 Å². The predicted octanol–water partition coefficient (Wildman–Crippen LogP) is 1.68. The molecule has 1 aromatic heterocycles. The molecule has 1 aliphatic carbocycles. The van der Waals surface area contributed by atoms with Gasteiger partial charge in [0.15, 0.2) is 0 Å². The molecule has 0 amide bonds. The number of nitrogens with one attached hydrogen (secondary N) is 4. The van der Waals surface area contributed by atoms with Crippen molar-refractivity contribution >= 4 is 26.9 Å². The average molecular weight is 511 g/mol. The minimum absolute atomic E-state index is 0.0531. The van der Waals surface area contributed by atoms with Gasteiger partial charge >= 0.3 is 0 Å². The maximum absolute atomic E-state index is 12.8. The lowest BCUT2D eigenvalue weighted by Gasteiger charge is -2.40. The Balaban J connectivity index is 1.30. The second kappa shape index (κ2) is 9.13. The summed E-state index contributed by atoms with van der Waals surface area (Å²) in [5, 5.41) is 31.5. The number of aliphatic hydroxyl groups is 1. The monoisotopic (exact) mass is 510 g/mol. The van der Waals surface area contributed by atoms with E-state index in [1.54, 1.807) is 12.1 Å². The van der Waals surface area contributed by atoms with Crippen LogP contribution in [0.1, 0.15) is 36.0 Å². The SMILES string of the molecule is CC12NC=CC1=C(NC1CC(NS(=O)(=O)c3cccc(C#N)c3)C1)C(c1nc(CCO)cs1)=CN2. The fourth-order valence-electron chi connectivity index (χ4n) is 4.46. The molecule has 0 bridgehead atoms. The lowest BCUT2D eigenvalue weighted by atomic mass is 9.86. The van der Waals surface area contributed by atoms with E-state index in [-0.39, 0.29) is 23.6 Å². The van der Waals surface area contributed by atoms with E-state index in [4.69, 9.17) is 10.2 Å². The molecule has 3 heterocycles. The van der Waals surface area contributed by atoms with Gasteiger partial charge in [-0.2, -0.15) is 5.26 Å². The smallest absolute Gasteiger partial charge is 0.240 e. The van der Waals surface area contributed by atoms with Crippen LogP contribution in [-0.2, 0) is 16.4 Å². The molecule has 1 saturated carbocycles. The van der Waals surface area contributed by atoms with Gasteiger partial charge in [-0.15, -0.1) is 11.3 Å². The summed E-state index contributed by atoms with van der Waals surface area (Å²) in [6, 6.07) is 7.90. The first-order valence-corrected chi connectivity index (χ1v) is 13.7. The van der Waals surface area contributed by atoms with Crippen molar-refractivity contribution in [1.29, 1.82) is 5.26 Å². The van der Waals surface area contributed by atoms with Gasteiger partial charge in [0.1, 0.15) is 10.7 Å². The van der Waals surface area contributed by atoms with Gasteiger partial charge < -0.3 is 21.1 Å². The third kappa shape index (κ3) is 4.58. The molecule has 0 saturated heterocycles. The van der Waals surface area contributed by atoms with E-state index in [0.29, 0.717) is 24.8 Å². The largest absolute Gasteiger partial charge is 0.396 e. The summed E-state index contributed by atoms with van der Waals surface area (Å²) < 4.78 is 28.3. The summed E-state index contributed by atoms with van der Waals surface area (Å²) in [4.78, 5) is 4.79. The molecule has 2 aromatic rings. The van der Waals surface area contributed by atoms with Crippen molar-refractivity contribution in [3.8, 4) is 6.07 Å². The minimum Gasteiger partial charge on any atom is -0.396 e. The second-order valence-electron chi connectivity index (χ2n) is 8.98. The van der Waals surface area contributed by atoms with Gasteiger partial charge in [-0.3, -0.25) is 0 Å². The number of benzene rings is 1. The molecule has 35 heavy (non-hydrogen) atoms. The van der Waals surface area contributed by atoms with Crippen molar-refractivity contribution < 1.29 is 13.5 Å². The summed E-state index contributed by atoms with van der Waals surface area (Å²) in [6.07, 6.45) is 7.68. The Bertz CT molecular complexity index is 1380. The van der Waals surface area contributed by atoms with Crippen molar-refractivity contribution in [3.63, 3.8) is 0 Å². The fourth-order valence-corrected chi connectivity index (χ4v) is 6.65. The average Bonchev–Trinajstić information content (AvgIpc) is 3.44. The van der Waals surface area contributed by atoms with Crippen LogP contribution in [0, 0.1) is 11.3 Å². The highest BCUT2D eigenvalue weighted by Gasteiger charge is 2.39. The number of dihydropyridines is 1. The minimum atomic E-state index is -3.70. The van der Waals surface area contributed by atoms with Crippen LogP contribution in [0.3, 0.4) is 0 Å². The number of aliphatic hydroxyl groups excluding tert-OH is 1. The number of hydrogen-bond acceptors (Lipinski definition) is 9. The fraction of sp³-hybridized carbons (Fsp3) is 0.333. The number of allylic oxidation sites excluding steroid dienone is 1. The Hall–Kier alpha value is -3.17. The molecule has 1 unspecified atom stereocenters. The highest BCUT2D eigenvalue weighted by Crippen LogP contribution is 2.37. The first-order chi connectivity index (χ1) is 16.8. The van der Waals surface area contributed by atoms with Crippen LogP contribution < -0.4 is 20.7 Å². The summed E-state index contributed by atoms with van der Waals surface area (Å²) in [7, 11) is -3.70. The number of thiazole rings is 1. The van der Waals surface area contributed by atoms with Crippen LogP contribution in [-0.4, -0.2) is 42.9 Å². The van der Waals surface area contributed by atoms with Crippen molar-refractivity contribution in [3.05, 3.63) is 75.7 Å². The molecule has 1 fully saturated rings. The summed E-state index contributed by atoms with van der Waals surface area (Å²) in [6.45, 7) is 2.11. The molecule has 5 N–H and O–H groups in total. The Kier molecular flexibility index (Phi) is 6.14. The number of sulfonamides is 1. The molecular weight excluding hydrogens is 484 g/mol. The Morgan fingerprint density at radius 3 is 2.91 bits per heavy atom. The standard InChI is InChI=1S/C24H26N6O3S2/c1-24-21(5-7-26-24)22(20(13-27-24)23-29-16(6-8-31)14-34-23)28-17-10-18(11-17)30-35(32,33)19-4-2-3-15(9-19)12-25/h2-5,7,9,13-14,17-18,26-28,30-31H,6,8,10-11H2,1H3. The van der Waals surface area contributed by atoms with Crippen LogP contribution in [0.5, 0.6) is 0 Å². The number of nitrogens with zero attached hydrogens (tertiary/aromatic N) is 2. The highest BCUT2D eigenvalue weighted by molar-refractivity contribution is 7.89. The third-order valence-electron chi connectivity index (χ3n) is 6.44. The number of rotatable bonds is 8. The molecule has 11 heteroatoms. The van der Waals surface area contributed by atoms with E-state index in [1.807, 2.05) is 29.9 Å². The zero-order chi connectivity index (χ0) is 24.6. The Morgan fingerprint density at radius 1 is 1.31 bits per heavy atom. The Labute approximate surface area is 208 Å². The number of nitriles is 1. The molecule has 1 atom stereocenters. The number of fused-ring (bicyclic) bond motifs is 1. The van der Waals surface area contributed by atoms with Crippen LogP contribution in [0.15, 0.2) is 64.3 Å². The van der Waals surface area contributed by atoms with Crippen molar-refractivity contribution in [1.82, 2.24) is 25.7 Å². The predicted molar refractivity (Wildman–Crippen MR) is 133 cm³/mol. The van der Waals surface area contributed by atoms with Gasteiger partial charge in [0, 0.05) is 47.8 Å². The lowest BCUT2D eigenvalue weighted by Crippen LogP contribution is -2.55. The van der Waals surface area contributed by atoms with Gasteiger partial charge in [-0.05, 0) is 50.2 Å². The van der Waals surface area contributed by atoms with Gasteiger partial charge in [0.05, 0.1) is 27.9 Å². The van der Waals surface area contributed by atoms with Crippen LogP contribution in [0.25, 0.3) is 5.57 Å². The van der Waals surface area contributed by atoms with E-state index in [0.717, 1.165) is 27.5 Å². The molecule has 5 rings (SSSR count).